The second-order valence-electron chi connectivity index (χ2n) is 6.24. The maximum Gasteiger partial charge on any atom is 0.238 e. The van der Waals surface area contributed by atoms with Crippen LogP contribution in [0.3, 0.4) is 0 Å². The Labute approximate surface area is 163 Å². The number of hydrogen-bond acceptors (Lipinski definition) is 8. The number of sulfonamides is 1. The van der Waals surface area contributed by atoms with Crippen LogP contribution < -0.4 is 11.0 Å². The molecule has 1 aliphatic rings. The molecular weight excluding hydrogens is 400 g/mol. The second-order valence-corrected chi connectivity index (χ2v) is 8.57. The van der Waals surface area contributed by atoms with E-state index in [0.717, 1.165) is 33.3 Å². The highest BCUT2D eigenvalue weighted by atomic mass is 32.2. The van der Waals surface area contributed by atoms with E-state index < -0.39 is 10.0 Å². The number of nitrogens with zero attached hydrogens (tertiary/aromatic N) is 2. The topological polar surface area (TPSA) is 130 Å². The van der Waals surface area contributed by atoms with Crippen molar-refractivity contribution >= 4 is 43.9 Å². The minimum Gasteiger partial charge on any atom is -0.244 e. The molecule has 0 amide bonds. The molecule has 0 saturated carbocycles. The fourth-order valence-corrected chi connectivity index (χ4v) is 4.44. The zero-order valence-electron chi connectivity index (χ0n) is 14.1. The van der Waals surface area contributed by atoms with Crippen molar-refractivity contribution in [1.82, 2.24) is 9.97 Å². The van der Waals surface area contributed by atoms with E-state index >= 15 is 0 Å². The van der Waals surface area contributed by atoms with Gasteiger partial charge in [0.2, 0.25) is 10.0 Å². The van der Waals surface area contributed by atoms with E-state index in [0.29, 0.717) is 28.0 Å². The highest BCUT2D eigenvalue weighted by molar-refractivity contribution is 7.94. The number of aromatic nitrogens is 2. The van der Waals surface area contributed by atoms with Crippen LogP contribution in [0, 0.1) is 0 Å². The number of rotatable bonds is 4. The lowest BCUT2D eigenvalue weighted by Crippen LogP contribution is -2.12. The van der Waals surface area contributed by atoms with Crippen LogP contribution in [-0.4, -0.2) is 18.4 Å². The van der Waals surface area contributed by atoms with Crippen molar-refractivity contribution in [3.8, 4) is 22.5 Å². The molecule has 0 unspecified atom stereocenters. The molecule has 1 aromatic heterocycles. The van der Waals surface area contributed by atoms with Gasteiger partial charge in [0.05, 0.1) is 39.4 Å². The lowest BCUT2D eigenvalue weighted by molar-refractivity contribution is -0.195. The number of primary sulfonamides is 1. The molecule has 1 aliphatic carbocycles. The summed E-state index contributed by atoms with van der Waals surface area (Å²) in [6.07, 6.45) is 0. The summed E-state index contributed by atoms with van der Waals surface area (Å²) in [4.78, 5) is 14.4. The van der Waals surface area contributed by atoms with E-state index in [-0.39, 0.29) is 4.90 Å². The summed E-state index contributed by atoms with van der Waals surface area (Å²) >= 11 is 0.959. The van der Waals surface area contributed by atoms with Gasteiger partial charge in [0.25, 0.3) is 0 Å². The predicted octanol–water partition coefficient (Wildman–Crippen LogP) is 2.91. The summed E-state index contributed by atoms with van der Waals surface area (Å²) in [6.45, 7) is 0. The molecule has 4 N–H and O–H groups in total. The van der Waals surface area contributed by atoms with E-state index in [9.17, 15) is 8.42 Å². The highest BCUT2D eigenvalue weighted by Gasteiger charge is 2.26. The van der Waals surface area contributed by atoms with Crippen LogP contribution in [0.2, 0.25) is 0 Å². The average molecular weight is 412 g/mol. The summed E-state index contributed by atoms with van der Waals surface area (Å²) < 4.78 is 28.5. The van der Waals surface area contributed by atoms with Gasteiger partial charge in [-0.2, -0.15) is 5.90 Å². The summed E-state index contributed by atoms with van der Waals surface area (Å²) in [5.41, 5.74) is 4.26. The van der Waals surface area contributed by atoms with Gasteiger partial charge in [-0.3, -0.25) is 0 Å². The van der Waals surface area contributed by atoms with E-state index in [1.165, 1.54) is 0 Å². The minimum absolute atomic E-state index is 0.0487. The molecule has 10 heteroatoms. The molecule has 1 heterocycles. The Bertz CT molecular complexity index is 1390. The van der Waals surface area contributed by atoms with Crippen molar-refractivity contribution in [2.45, 2.75) is 9.79 Å². The lowest BCUT2D eigenvalue weighted by atomic mass is 10.0. The monoisotopic (exact) mass is 412 g/mol. The van der Waals surface area contributed by atoms with Gasteiger partial charge >= 0.3 is 0 Å². The van der Waals surface area contributed by atoms with Crippen molar-refractivity contribution in [1.29, 1.82) is 0 Å². The smallest absolute Gasteiger partial charge is 0.238 e. The van der Waals surface area contributed by atoms with Crippen molar-refractivity contribution in [3.05, 3.63) is 48.5 Å². The normalized spacial score (nSPS) is 12.6. The van der Waals surface area contributed by atoms with Gasteiger partial charge in [0.15, 0.2) is 0 Å². The summed E-state index contributed by atoms with van der Waals surface area (Å²) in [5.74, 6) is 4.87. The van der Waals surface area contributed by atoms with E-state index in [1.54, 1.807) is 24.3 Å². The first kappa shape index (κ1) is 17.5. The summed E-state index contributed by atoms with van der Waals surface area (Å²) in [7, 11) is -3.85. The van der Waals surface area contributed by atoms with Gasteiger partial charge in [-0.1, -0.05) is 18.2 Å². The maximum atomic E-state index is 11.9. The molecule has 0 aliphatic heterocycles. The van der Waals surface area contributed by atoms with E-state index in [2.05, 4.69) is 9.32 Å². The van der Waals surface area contributed by atoms with Crippen LogP contribution in [-0.2, 0) is 19.3 Å². The Balaban J connectivity index is 1.78. The van der Waals surface area contributed by atoms with E-state index in [4.69, 9.17) is 21.0 Å². The van der Waals surface area contributed by atoms with Gasteiger partial charge < -0.3 is 0 Å². The largest absolute Gasteiger partial charge is 0.244 e. The van der Waals surface area contributed by atoms with E-state index in [1.807, 2.05) is 24.3 Å². The van der Waals surface area contributed by atoms with Gasteiger partial charge in [-0.25, -0.2) is 23.5 Å². The van der Waals surface area contributed by atoms with Crippen LogP contribution in [0.15, 0.2) is 58.3 Å². The molecule has 4 aromatic rings. The van der Waals surface area contributed by atoms with Crippen molar-refractivity contribution < 1.29 is 17.7 Å². The lowest BCUT2D eigenvalue weighted by Gasteiger charge is -2.06. The van der Waals surface area contributed by atoms with Crippen LogP contribution in [0.5, 0.6) is 0 Å². The molecule has 0 atom stereocenters. The number of benzene rings is 3. The quantitative estimate of drug-likeness (QED) is 0.262. The molecule has 5 rings (SSSR count). The van der Waals surface area contributed by atoms with Crippen LogP contribution >= 0.6 is 12.0 Å². The number of nitrogens with two attached hydrogens (primary N) is 2. The molecule has 8 nitrogen and oxygen atoms in total. The minimum atomic E-state index is -3.85. The first-order valence-electron chi connectivity index (χ1n) is 8.08. The Hall–Kier alpha value is -2.60. The molecule has 0 radical (unpaired) electrons. The Morgan fingerprint density at radius 1 is 0.929 bits per heavy atom. The third-order valence-electron chi connectivity index (χ3n) is 4.59. The molecule has 0 bridgehead atoms. The van der Waals surface area contributed by atoms with Gasteiger partial charge in [-0.15, -0.1) is 9.32 Å². The average Bonchev–Trinajstić information content (AvgIpc) is 2.98. The van der Waals surface area contributed by atoms with Crippen molar-refractivity contribution in [2.24, 2.45) is 11.0 Å². The zero-order chi connectivity index (χ0) is 19.5. The van der Waals surface area contributed by atoms with Gasteiger partial charge in [0, 0.05) is 21.4 Å². The predicted molar refractivity (Wildman–Crippen MR) is 105 cm³/mol. The Morgan fingerprint density at radius 3 is 2.50 bits per heavy atom. The van der Waals surface area contributed by atoms with Crippen molar-refractivity contribution in [2.75, 3.05) is 0 Å². The number of fused-ring (bicyclic) bond motifs is 4. The van der Waals surface area contributed by atoms with Crippen LogP contribution in [0.1, 0.15) is 0 Å². The highest BCUT2D eigenvalue weighted by Crippen LogP contribution is 2.46. The fraction of sp³-hybridized carbons (Fsp3) is 0. The molecule has 0 saturated heterocycles. The van der Waals surface area contributed by atoms with Crippen LogP contribution in [0.4, 0.5) is 0 Å². The third-order valence-corrected chi connectivity index (χ3v) is 6.08. The molecule has 140 valence electrons. The summed E-state index contributed by atoms with van der Waals surface area (Å²) in [6, 6.07) is 14.2. The summed E-state index contributed by atoms with van der Waals surface area (Å²) in [5, 5.41) is 7.04. The third kappa shape index (κ3) is 2.66. The molecule has 0 spiro atoms. The Morgan fingerprint density at radius 2 is 1.71 bits per heavy atom. The Kier molecular flexibility index (Phi) is 3.88. The van der Waals surface area contributed by atoms with Gasteiger partial charge in [0.1, 0.15) is 0 Å². The maximum absolute atomic E-state index is 11.9. The molecule has 28 heavy (non-hydrogen) atoms. The standard InChI is InChI=1S/C18H12N4O4S2/c19-25-26-27-10-4-5-14-15(7-10)22-17-12-3-1-2-9-6-11(28(20,23)24)8-13(16(9)12)18(17)21-14/h1-8H,19H2,(H2,20,23,24). The zero-order valence-corrected chi connectivity index (χ0v) is 15.8. The first-order valence-corrected chi connectivity index (χ1v) is 10.4. The second kappa shape index (κ2) is 6.21. The molecule has 3 aromatic carbocycles. The SMILES string of the molecule is NOOSc1ccc2nc3c(nc2c1)-c1cccc2cc(S(N)(=O)=O)cc-3c12. The first-order chi connectivity index (χ1) is 13.5. The molecule has 0 fully saturated rings. The fourth-order valence-electron chi connectivity index (χ4n) is 3.47. The van der Waals surface area contributed by atoms with Gasteiger partial charge in [-0.05, 0) is 35.7 Å². The van der Waals surface area contributed by atoms with Crippen molar-refractivity contribution in [3.63, 3.8) is 0 Å². The van der Waals surface area contributed by atoms with Crippen LogP contribution in [0.25, 0.3) is 44.3 Å². The molecular formula is C18H12N4O4S2. The number of hydrogen-bond donors (Lipinski definition) is 2.